The van der Waals surface area contributed by atoms with Gasteiger partial charge in [0.15, 0.2) is 0 Å². The van der Waals surface area contributed by atoms with Gasteiger partial charge < -0.3 is 31.7 Å². The molecule has 0 aromatic heterocycles. The lowest BCUT2D eigenvalue weighted by molar-refractivity contribution is -0.147. The predicted molar refractivity (Wildman–Crippen MR) is 78.3 cm³/mol. The van der Waals surface area contributed by atoms with Crippen molar-refractivity contribution in [1.82, 2.24) is 10.6 Å². The highest BCUT2D eigenvalue weighted by molar-refractivity contribution is 5.92. The molecule has 0 spiro atoms. The number of hydrogen-bond donors (Lipinski definition) is 6. The molecule has 0 aromatic rings. The first-order valence-electron chi connectivity index (χ1n) is 7.05. The zero-order valence-corrected chi connectivity index (χ0v) is 13.0. The lowest BCUT2D eigenvalue weighted by Gasteiger charge is -2.26. The fourth-order valence-corrected chi connectivity index (χ4v) is 1.68. The number of carboxylic acid groups (broad SMARTS) is 2. The van der Waals surface area contributed by atoms with E-state index in [2.05, 4.69) is 10.6 Å². The number of carbonyl (C=O) groups is 4. The molecule has 0 saturated heterocycles. The summed E-state index contributed by atoms with van der Waals surface area (Å²) in [5.74, 6) is -4.83. The molecule has 7 N–H and O–H groups in total. The third kappa shape index (κ3) is 7.06. The molecule has 2 amide bonds. The van der Waals surface area contributed by atoms with E-state index in [1.54, 1.807) is 13.8 Å². The van der Waals surface area contributed by atoms with Crippen molar-refractivity contribution in [3.05, 3.63) is 0 Å². The Morgan fingerprint density at radius 3 is 2.04 bits per heavy atom. The first-order valence-corrected chi connectivity index (χ1v) is 7.05. The molecule has 0 radical (unpaired) electrons. The number of aliphatic hydroxyl groups excluding tert-OH is 1. The largest absolute Gasteiger partial charge is 0.481 e. The Hall–Kier alpha value is -2.20. The molecule has 0 aliphatic carbocycles. The maximum absolute atomic E-state index is 12.2. The molecule has 0 aromatic carbocycles. The average Bonchev–Trinajstić information content (AvgIpc) is 2.49. The third-order valence-electron chi connectivity index (χ3n) is 3.32. The van der Waals surface area contributed by atoms with Gasteiger partial charge in [-0.15, -0.1) is 0 Å². The number of rotatable bonds is 10. The smallest absolute Gasteiger partial charge is 0.326 e. The molecule has 10 heteroatoms. The van der Waals surface area contributed by atoms with E-state index >= 15 is 0 Å². The van der Waals surface area contributed by atoms with Gasteiger partial charge in [-0.05, 0) is 5.92 Å². The van der Waals surface area contributed by atoms with Crippen molar-refractivity contribution >= 4 is 23.8 Å². The van der Waals surface area contributed by atoms with Crippen LogP contribution in [0, 0.1) is 5.92 Å². The van der Waals surface area contributed by atoms with Gasteiger partial charge in [-0.2, -0.15) is 0 Å². The zero-order chi connectivity index (χ0) is 18.2. The summed E-state index contributed by atoms with van der Waals surface area (Å²) in [4.78, 5) is 45.5. The second kappa shape index (κ2) is 9.74. The van der Waals surface area contributed by atoms with Crippen molar-refractivity contribution in [2.24, 2.45) is 11.7 Å². The number of hydrogen-bond acceptors (Lipinski definition) is 6. The average molecular weight is 333 g/mol. The zero-order valence-electron chi connectivity index (χ0n) is 13.0. The summed E-state index contributed by atoms with van der Waals surface area (Å²) in [5.41, 5.74) is 5.36. The summed E-state index contributed by atoms with van der Waals surface area (Å²) in [7, 11) is 0. The molecule has 0 saturated carbocycles. The van der Waals surface area contributed by atoms with E-state index < -0.39 is 54.9 Å². The van der Waals surface area contributed by atoms with Crippen molar-refractivity contribution in [3.8, 4) is 0 Å². The molecule has 0 aliphatic heterocycles. The van der Waals surface area contributed by atoms with Crippen molar-refractivity contribution in [2.45, 2.75) is 44.8 Å². The van der Waals surface area contributed by atoms with Gasteiger partial charge in [-0.1, -0.05) is 20.3 Å². The maximum Gasteiger partial charge on any atom is 0.326 e. The minimum absolute atomic E-state index is 0.357. The fourth-order valence-electron chi connectivity index (χ4n) is 1.68. The van der Waals surface area contributed by atoms with Gasteiger partial charge in [0.25, 0.3) is 0 Å². The van der Waals surface area contributed by atoms with Crippen LogP contribution in [0.25, 0.3) is 0 Å². The molecule has 10 nitrogen and oxygen atoms in total. The quantitative estimate of drug-likeness (QED) is 0.262. The van der Waals surface area contributed by atoms with Crippen LogP contribution in [0.5, 0.6) is 0 Å². The van der Waals surface area contributed by atoms with E-state index in [0.717, 1.165) is 0 Å². The van der Waals surface area contributed by atoms with Crippen molar-refractivity contribution < 1.29 is 34.5 Å². The third-order valence-corrected chi connectivity index (χ3v) is 3.32. The molecular weight excluding hydrogens is 310 g/mol. The Morgan fingerprint density at radius 2 is 1.65 bits per heavy atom. The highest BCUT2D eigenvalue weighted by Crippen LogP contribution is 2.09. The topological polar surface area (TPSA) is 179 Å². The number of nitrogens with two attached hydrogens (primary N) is 1. The van der Waals surface area contributed by atoms with Gasteiger partial charge in [-0.25, -0.2) is 4.79 Å². The molecule has 0 fully saturated rings. The second-order valence-corrected chi connectivity index (χ2v) is 5.16. The molecule has 0 unspecified atom stereocenters. The highest BCUT2D eigenvalue weighted by Gasteiger charge is 2.31. The van der Waals surface area contributed by atoms with E-state index in [-0.39, 0.29) is 5.92 Å². The summed E-state index contributed by atoms with van der Waals surface area (Å²) in [6.45, 7) is 2.80. The van der Waals surface area contributed by atoms with E-state index in [1.165, 1.54) is 0 Å². The normalized spacial score (nSPS) is 15.8. The van der Waals surface area contributed by atoms with Crippen LogP contribution in [-0.2, 0) is 19.2 Å². The van der Waals surface area contributed by atoms with Crippen LogP contribution in [0.4, 0.5) is 0 Å². The Morgan fingerprint density at radius 1 is 1.09 bits per heavy atom. The first-order chi connectivity index (χ1) is 10.6. The molecule has 0 heterocycles. The van der Waals surface area contributed by atoms with Gasteiger partial charge in [0.05, 0.1) is 13.0 Å². The van der Waals surface area contributed by atoms with Gasteiger partial charge in [0.2, 0.25) is 11.8 Å². The van der Waals surface area contributed by atoms with Gasteiger partial charge >= 0.3 is 11.9 Å². The molecule has 0 rings (SSSR count). The van der Waals surface area contributed by atoms with Crippen LogP contribution in [-0.4, -0.2) is 63.8 Å². The Labute approximate surface area is 133 Å². The summed E-state index contributed by atoms with van der Waals surface area (Å²) >= 11 is 0. The van der Waals surface area contributed by atoms with Crippen LogP contribution in [0.2, 0.25) is 0 Å². The van der Waals surface area contributed by atoms with E-state index in [9.17, 15) is 19.2 Å². The van der Waals surface area contributed by atoms with Crippen LogP contribution in [0.3, 0.4) is 0 Å². The maximum atomic E-state index is 12.2. The van der Waals surface area contributed by atoms with Crippen LogP contribution in [0.1, 0.15) is 26.7 Å². The fraction of sp³-hybridized carbons (Fsp3) is 0.692. The van der Waals surface area contributed by atoms with E-state index in [1.807, 2.05) is 0 Å². The first kappa shape index (κ1) is 20.8. The Kier molecular flexibility index (Phi) is 8.81. The van der Waals surface area contributed by atoms with Crippen LogP contribution in [0.15, 0.2) is 0 Å². The number of carboxylic acids is 2. The molecule has 4 atom stereocenters. The number of carbonyl (C=O) groups excluding carboxylic acids is 2. The van der Waals surface area contributed by atoms with Gasteiger partial charge in [-0.3, -0.25) is 14.4 Å². The molecule has 23 heavy (non-hydrogen) atoms. The van der Waals surface area contributed by atoms with Gasteiger partial charge in [0.1, 0.15) is 18.1 Å². The number of nitrogens with one attached hydrogen (secondary N) is 2. The molecular formula is C13H23N3O7. The Bertz CT molecular complexity index is 455. The lowest BCUT2D eigenvalue weighted by atomic mass is 9.97. The van der Waals surface area contributed by atoms with Crippen LogP contribution >= 0.6 is 0 Å². The molecule has 0 bridgehead atoms. The lowest BCUT2D eigenvalue weighted by Crippen LogP contribution is -2.57. The van der Waals surface area contributed by atoms with Crippen LogP contribution < -0.4 is 16.4 Å². The second-order valence-electron chi connectivity index (χ2n) is 5.16. The van der Waals surface area contributed by atoms with Crippen molar-refractivity contribution in [3.63, 3.8) is 0 Å². The SMILES string of the molecule is CC[C@H](C)[C@H](NC(=O)[C@@H](N)CO)C(=O)N[C@@H](CC(=O)O)C(=O)O. The van der Waals surface area contributed by atoms with E-state index in [4.69, 9.17) is 21.1 Å². The van der Waals surface area contributed by atoms with Crippen molar-refractivity contribution in [2.75, 3.05) is 6.61 Å². The number of aliphatic hydroxyl groups is 1. The summed E-state index contributed by atoms with van der Waals surface area (Å²) in [6, 6.07) is -3.93. The summed E-state index contributed by atoms with van der Waals surface area (Å²) in [5, 5.41) is 30.9. The summed E-state index contributed by atoms with van der Waals surface area (Å²) < 4.78 is 0. The monoisotopic (exact) mass is 333 g/mol. The van der Waals surface area contributed by atoms with Gasteiger partial charge in [0, 0.05) is 0 Å². The standard InChI is InChI=1S/C13H23N3O7/c1-3-6(2)10(16-11(20)7(14)5-17)12(21)15-8(13(22)23)4-9(18)19/h6-8,10,17H,3-5,14H2,1-2H3,(H,15,21)(H,16,20)(H,18,19)(H,22,23)/t6-,7-,8-,10-/m0/s1. The summed E-state index contributed by atoms with van der Waals surface area (Å²) in [6.07, 6.45) is -0.304. The van der Waals surface area contributed by atoms with E-state index in [0.29, 0.717) is 6.42 Å². The molecule has 132 valence electrons. The number of amides is 2. The predicted octanol–water partition coefficient (Wildman–Crippen LogP) is -2.12. The molecule has 0 aliphatic rings. The Balaban J connectivity index is 5.09. The number of aliphatic carboxylic acids is 2. The minimum Gasteiger partial charge on any atom is -0.481 e. The minimum atomic E-state index is -1.62. The highest BCUT2D eigenvalue weighted by atomic mass is 16.4. The van der Waals surface area contributed by atoms with Crippen molar-refractivity contribution in [1.29, 1.82) is 0 Å².